The summed E-state index contributed by atoms with van der Waals surface area (Å²) >= 11 is 0. The Morgan fingerprint density at radius 2 is 1.82 bits per heavy atom. The predicted molar refractivity (Wildman–Crippen MR) is 69.8 cm³/mol. The van der Waals surface area contributed by atoms with Crippen molar-refractivity contribution in [3.8, 4) is 0 Å². The van der Waals surface area contributed by atoms with Gasteiger partial charge in [-0.1, -0.05) is 12.1 Å². The molecule has 0 heterocycles. The van der Waals surface area contributed by atoms with Gasteiger partial charge in [-0.2, -0.15) is 12.7 Å². The lowest BCUT2D eigenvalue weighted by Crippen LogP contribution is -2.37. The van der Waals surface area contributed by atoms with Crippen molar-refractivity contribution in [2.45, 2.75) is 26.4 Å². The molecule has 0 spiro atoms. The van der Waals surface area contributed by atoms with Gasteiger partial charge in [0.25, 0.3) is 0 Å². The van der Waals surface area contributed by atoms with Gasteiger partial charge in [0, 0.05) is 25.3 Å². The number of rotatable bonds is 5. The van der Waals surface area contributed by atoms with E-state index in [1.54, 1.807) is 31.3 Å². The molecule has 17 heavy (non-hydrogen) atoms. The van der Waals surface area contributed by atoms with Crippen LogP contribution in [0.15, 0.2) is 24.3 Å². The van der Waals surface area contributed by atoms with E-state index in [0.717, 1.165) is 5.56 Å². The number of hydrogen-bond acceptors (Lipinski definition) is 3. The molecule has 0 atom stereocenters. The van der Waals surface area contributed by atoms with Crippen LogP contribution in [0, 0.1) is 0 Å². The van der Waals surface area contributed by atoms with Crippen LogP contribution in [0.1, 0.15) is 19.4 Å². The second kappa shape index (κ2) is 5.48. The van der Waals surface area contributed by atoms with Crippen LogP contribution in [0.5, 0.6) is 0 Å². The van der Waals surface area contributed by atoms with Crippen LogP contribution in [0.2, 0.25) is 0 Å². The molecule has 0 aromatic heterocycles. The number of nitrogens with zero attached hydrogens (tertiary/aromatic N) is 1. The van der Waals surface area contributed by atoms with Gasteiger partial charge in [-0.05, 0) is 31.5 Å². The highest BCUT2D eigenvalue weighted by Crippen LogP contribution is 2.13. The normalized spacial score (nSPS) is 12.1. The van der Waals surface area contributed by atoms with Gasteiger partial charge in [-0.15, -0.1) is 0 Å². The highest BCUT2D eigenvalue weighted by molar-refractivity contribution is 7.90. The van der Waals surface area contributed by atoms with Gasteiger partial charge in [0.15, 0.2) is 0 Å². The van der Waals surface area contributed by atoms with Gasteiger partial charge in [0.1, 0.15) is 0 Å². The van der Waals surface area contributed by atoms with Gasteiger partial charge in [-0.3, -0.25) is 4.72 Å². The molecule has 0 aliphatic carbocycles. The third kappa shape index (κ3) is 3.69. The second-order valence-corrected chi connectivity index (χ2v) is 5.85. The van der Waals surface area contributed by atoms with Crippen LogP contribution in [-0.4, -0.2) is 25.8 Å². The Morgan fingerprint density at radius 3 is 2.24 bits per heavy atom. The summed E-state index contributed by atoms with van der Waals surface area (Å²) in [5, 5.41) is 0. The Hall–Kier alpha value is -1.11. The lowest BCUT2D eigenvalue weighted by Gasteiger charge is -2.21. The first-order chi connectivity index (χ1) is 7.86. The second-order valence-electron chi connectivity index (χ2n) is 4.12. The smallest absolute Gasteiger partial charge is 0.301 e. The molecular weight excluding hydrogens is 238 g/mol. The first-order valence-electron chi connectivity index (χ1n) is 5.41. The first-order valence-corrected chi connectivity index (χ1v) is 6.85. The number of nitrogens with one attached hydrogen (secondary N) is 1. The molecule has 0 unspecified atom stereocenters. The Kier molecular flexibility index (Phi) is 4.50. The highest BCUT2D eigenvalue weighted by Gasteiger charge is 2.19. The van der Waals surface area contributed by atoms with E-state index >= 15 is 0 Å². The molecule has 0 saturated heterocycles. The van der Waals surface area contributed by atoms with E-state index < -0.39 is 10.2 Å². The molecule has 0 bridgehead atoms. The highest BCUT2D eigenvalue weighted by atomic mass is 32.2. The van der Waals surface area contributed by atoms with Crippen molar-refractivity contribution in [2.24, 2.45) is 5.73 Å². The molecule has 1 aromatic carbocycles. The van der Waals surface area contributed by atoms with Crippen molar-refractivity contribution < 1.29 is 8.42 Å². The van der Waals surface area contributed by atoms with Crippen LogP contribution in [0.4, 0.5) is 5.69 Å². The summed E-state index contributed by atoms with van der Waals surface area (Å²) in [6.07, 6.45) is 0. The van der Waals surface area contributed by atoms with E-state index in [2.05, 4.69) is 4.72 Å². The third-order valence-electron chi connectivity index (χ3n) is 2.54. The Morgan fingerprint density at radius 1 is 1.29 bits per heavy atom. The number of hydrogen-bond donors (Lipinski definition) is 2. The summed E-state index contributed by atoms with van der Waals surface area (Å²) < 4.78 is 27.6. The molecule has 0 aliphatic rings. The number of anilines is 1. The summed E-state index contributed by atoms with van der Waals surface area (Å²) in [4.78, 5) is 0. The van der Waals surface area contributed by atoms with Crippen molar-refractivity contribution in [3.63, 3.8) is 0 Å². The minimum Gasteiger partial charge on any atom is -0.326 e. The molecule has 1 rings (SSSR count). The quantitative estimate of drug-likeness (QED) is 0.830. The maximum Gasteiger partial charge on any atom is 0.301 e. The van der Waals surface area contributed by atoms with E-state index in [0.29, 0.717) is 12.2 Å². The largest absolute Gasteiger partial charge is 0.326 e. The van der Waals surface area contributed by atoms with Gasteiger partial charge in [0.2, 0.25) is 0 Å². The molecule has 0 saturated carbocycles. The van der Waals surface area contributed by atoms with E-state index in [9.17, 15) is 8.42 Å². The Bertz CT molecular complexity index is 454. The molecule has 96 valence electrons. The van der Waals surface area contributed by atoms with Crippen molar-refractivity contribution in [2.75, 3.05) is 11.8 Å². The van der Waals surface area contributed by atoms with Gasteiger partial charge >= 0.3 is 10.2 Å². The van der Waals surface area contributed by atoms with E-state index in [1.165, 1.54) is 4.31 Å². The minimum absolute atomic E-state index is 0.0872. The predicted octanol–water partition coefficient (Wildman–Crippen LogP) is 1.14. The molecule has 6 heteroatoms. The molecule has 0 aliphatic heterocycles. The lowest BCUT2D eigenvalue weighted by molar-refractivity contribution is 0.414. The molecular formula is C11H19N3O2S. The van der Waals surface area contributed by atoms with Crippen molar-refractivity contribution in [1.82, 2.24) is 4.31 Å². The fourth-order valence-corrected chi connectivity index (χ4v) is 2.34. The number of nitrogens with two attached hydrogens (primary N) is 1. The van der Waals surface area contributed by atoms with E-state index in [4.69, 9.17) is 5.73 Å². The maximum absolute atomic E-state index is 11.9. The van der Waals surface area contributed by atoms with Crippen LogP contribution < -0.4 is 10.5 Å². The van der Waals surface area contributed by atoms with Gasteiger partial charge in [0.05, 0.1) is 0 Å². The lowest BCUT2D eigenvalue weighted by atomic mass is 10.2. The number of benzene rings is 1. The minimum atomic E-state index is -3.48. The molecule has 0 fully saturated rings. The van der Waals surface area contributed by atoms with Gasteiger partial charge < -0.3 is 5.73 Å². The van der Waals surface area contributed by atoms with Crippen LogP contribution in [-0.2, 0) is 16.8 Å². The monoisotopic (exact) mass is 257 g/mol. The molecule has 5 nitrogen and oxygen atoms in total. The third-order valence-corrected chi connectivity index (χ3v) is 4.22. The zero-order chi connectivity index (χ0) is 13.1. The zero-order valence-corrected chi connectivity index (χ0v) is 11.2. The van der Waals surface area contributed by atoms with E-state index in [1.807, 2.05) is 13.8 Å². The first kappa shape index (κ1) is 14.0. The summed E-state index contributed by atoms with van der Waals surface area (Å²) in [6.45, 7) is 4.08. The maximum atomic E-state index is 11.9. The fraction of sp³-hybridized carbons (Fsp3) is 0.455. The average Bonchev–Trinajstić information content (AvgIpc) is 2.28. The Labute approximate surface area is 103 Å². The Balaban J connectivity index is 2.83. The zero-order valence-electron chi connectivity index (χ0n) is 10.3. The summed E-state index contributed by atoms with van der Waals surface area (Å²) in [6, 6.07) is 6.92. The van der Waals surface area contributed by atoms with Gasteiger partial charge in [-0.25, -0.2) is 0 Å². The molecule has 1 aromatic rings. The molecule has 0 amide bonds. The topological polar surface area (TPSA) is 75.4 Å². The fourth-order valence-electron chi connectivity index (χ4n) is 1.21. The summed E-state index contributed by atoms with van der Waals surface area (Å²) in [5.74, 6) is 0. The van der Waals surface area contributed by atoms with Crippen molar-refractivity contribution in [3.05, 3.63) is 29.8 Å². The summed E-state index contributed by atoms with van der Waals surface area (Å²) in [7, 11) is -1.94. The van der Waals surface area contributed by atoms with Crippen molar-refractivity contribution in [1.29, 1.82) is 0 Å². The molecule has 0 radical (unpaired) electrons. The SMILES string of the molecule is CC(C)N(C)S(=O)(=O)Nc1ccc(CN)cc1. The van der Waals surface area contributed by atoms with Crippen LogP contribution in [0.25, 0.3) is 0 Å². The molecule has 3 N–H and O–H groups in total. The summed E-state index contributed by atoms with van der Waals surface area (Å²) in [5.41, 5.74) is 6.97. The standard InChI is InChI=1S/C11H19N3O2S/c1-9(2)14(3)17(15,16)13-11-6-4-10(8-12)5-7-11/h4-7,9,13H,8,12H2,1-3H3. The van der Waals surface area contributed by atoms with Crippen molar-refractivity contribution >= 4 is 15.9 Å². The van der Waals surface area contributed by atoms with Crippen LogP contribution >= 0.6 is 0 Å². The van der Waals surface area contributed by atoms with Crippen LogP contribution in [0.3, 0.4) is 0 Å². The average molecular weight is 257 g/mol. The van der Waals surface area contributed by atoms with E-state index in [-0.39, 0.29) is 6.04 Å².